The van der Waals surface area contributed by atoms with E-state index in [9.17, 15) is 18.0 Å². The molecule has 0 fully saturated rings. The summed E-state index contributed by atoms with van der Waals surface area (Å²) in [5.74, 6) is -0.313. The van der Waals surface area contributed by atoms with Crippen molar-refractivity contribution in [3.8, 4) is 5.75 Å². The van der Waals surface area contributed by atoms with Gasteiger partial charge in [-0.1, -0.05) is 90.8 Å². The van der Waals surface area contributed by atoms with Gasteiger partial charge in [-0.05, 0) is 67.8 Å². The Balaban J connectivity index is 1.83. The third-order valence-electron chi connectivity index (χ3n) is 7.77. The van der Waals surface area contributed by atoms with Crippen molar-refractivity contribution in [2.75, 3.05) is 18.0 Å². The Hall–Kier alpha value is -4.34. The van der Waals surface area contributed by atoms with E-state index in [1.165, 1.54) is 17.0 Å². The minimum absolute atomic E-state index is 0.0144. The number of benzene rings is 4. The van der Waals surface area contributed by atoms with Crippen LogP contribution in [0.4, 0.5) is 5.69 Å². The number of rotatable bonds is 14. The molecule has 0 aliphatic rings. The molecule has 46 heavy (non-hydrogen) atoms. The Morgan fingerprint density at radius 3 is 2.20 bits per heavy atom. The van der Waals surface area contributed by atoms with E-state index in [4.69, 9.17) is 16.3 Å². The van der Waals surface area contributed by atoms with Gasteiger partial charge in [0.05, 0.1) is 22.7 Å². The molecule has 0 radical (unpaired) electrons. The minimum atomic E-state index is -4.25. The maximum Gasteiger partial charge on any atom is 0.264 e. The van der Waals surface area contributed by atoms with Gasteiger partial charge in [0.2, 0.25) is 11.8 Å². The highest BCUT2D eigenvalue weighted by atomic mass is 35.5. The normalized spacial score (nSPS) is 12.5. The largest absolute Gasteiger partial charge is 0.497 e. The average Bonchev–Trinajstić information content (AvgIpc) is 3.06. The van der Waals surface area contributed by atoms with Crippen molar-refractivity contribution in [2.24, 2.45) is 0 Å². The Morgan fingerprint density at radius 2 is 1.54 bits per heavy atom. The zero-order chi connectivity index (χ0) is 33.3. The molecule has 1 N–H and O–H groups in total. The molecule has 2 amide bonds. The molecule has 2 unspecified atom stereocenters. The number of halogens is 1. The number of ether oxygens (including phenoxy) is 1. The summed E-state index contributed by atoms with van der Waals surface area (Å²) in [7, 11) is -2.70. The van der Waals surface area contributed by atoms with Crippen molar-refractivity contribution < 1.29 is 22.7 Å². The first kappa shape index (κ1) is 34.5. The Kier molecular flexibility index (Phi) is 11.8. The van der Waals surface area contributed by atoms with E-state index in [2.05, 4.69) is 5.32 Å². The second-order valence-corrected chi connectivity index (χ2v) is 13.4. The fraction of sp³-hybridized carbons (Fsp3) is 0.278. The molecule has 10 heteroatoms. The molecule has 0 bridgehead atoms. The van der Waals surface area contributed by atoms with Gasteiger partial charge in [0.15, 0.2) is 0 Å². The van der Waals surface area contributed by atoms with Gasteiger partial charge in [-0.2, -0.15) is 0 Å². The molecular weight excluding hydrogens is 622 g/mol. The molecule has 8 nitrogen and oxygen atoms in total. The highest BCUT2D eigenvalue weighted by Gasteiger charge is 2.35. The highest BCUT2D eigenvalue weighted by Crippen LogP contribution is 2.31. The summed E-state index contributed by atoms with van der Waals surface area (Å²) < 4.78 is 34.8. The number of nitrogens with zero attached hydrogens (tertiary/aromatic N) is 2. The number of nitrogens with one attached hydrogen (secondary N) is 1. The number of amides is 2. The number of para-hydroxylation sites is 1. The summed E-state index contributed by atoms with van der Waals surface area (Å²) in [6.07, 6.45) is 0.915. The predicted molar refractivity (Wildman–Crippen MR) is 183 cm³/mol. The lowest BCUT2D eigenvalue weighted by molar-refractivity contribution is -0.140. The molecule has 0 aliphatic heterocycles. The third kappa shape index (κ3) is 8.68. The van der Waals surface area contributed by atoms with Crippen LogP contribution in [-0.2, 0) is 32.6 Å². The first-order valence-electron chi connectivity index (χ1n) is 15.1. The van der Waals surface area contributed by atoms with Crippen LogP contribution < -0.4 is 14.4 Å². The smallest absolute Gasteiger partial charge is 0.264 e. The molecule has 4 aromatic rings. The van der Waals surface area contributed by atoms with E-state index in [0.29, 0.717) is 17.7 Å². The Morgan fingerprint density at radius 1 is 0.891 bits per heavy atom. The number of hydrogen-bond donors (Lipinski definition) is 1. The van der Waals surface area contributed by atoms with Crippen molar-refractivity contribution >= 4 is 39.1 Å². The molecule has 0 aromatic heterocycles. The molecule has 4 rings (SSSR count). The Bertz CT molecular complexity index is 1730. The maximum absolute atomic E-state index is 14.6. The number of carbonyl (C=O) groups is 2. The van der Waals surface area contributed by atoms with Crippen LogP contribution in [0.5, 0.6) is 5.75 Å². The van der Waals surface area contributed by atoms with Gasteiger partial charge >= 0.3 is 0 Å². The zero-order valence-electron chi connectivity index (χ0n) is 26.5. The minimum Gasteiger partial charge on any atom is -0.497 e. The second kappa shape index (κ2) is 15.8. The van der Waals surface area contributed by atoms with Crippen molar-refractivity contribution in [2.45, 2.75) is 57.1 Å². The summed E-state index contributed by atoms with van der Waals surface area (Å²) in [5.41, 5.74) is 2.61. The molecule has 0 saturated carbocycles. The van der Waals surface area contributed by atoms with Crippen molar-refractivity contribution in [1.82, 2.24) is 10.2 Å². The van der Waals surface area contributed by atoms with Crippen LogP contribution in [-0.4, -0.2) is 50.9 Å². The number of sulfonamides is 1. The first-order valence-corrected chi connectivity index (χ1v) is 17.0. The van der Waals surface area contributed by atoms with Crippen LogP contribution in [0.3, 0.4) is 0 Å². The fourth-order valence-electron chi connectivity index (χ4n) is 4.97. The van der Waals surface area contributed by atoms with Crippen LogP contribution in [0.1, 0.15) is 37.0 Å². The highest BCUT2D eigenvalue weighted by molar-refractivity contribution is 7.92. The molecule has 0 aliphatic carbocycles. The van der Waals surface area contributed by atoms with Gasteiger partial charge in [-0.3, -0.25) is 13.9 Å². The van der Waals surface area contributed by atoms with Gasteiger partial charge in [0.25, 0.3) is 10.0 Å². The lowest BCUT2D eigenvalue weighted by atomic mass is 10.0. The summed E-state index contributed by atoms with van der Waals surface area (Å²) in [4.78, 5) is 30.0. The summed E-state index contributed by atoms with van der Waals surface area (Å²) in [6, 6.07) is 28.5. The Labute approximate surface area is 277 Å². The zero-order valence-corrected chi connectivity index (χ0v) is 28.1. The van der Waals surface area contributed by atoms with Crippen LogP contribution >= 0.6 is 11.6 Å². The second-order valence-electron chi connectivity index (χ2n) is 11.2. The monoisotopic (exact) mass is 661 g/mol. The summed E-state index contributed by atoms with van der Waals surface area (Å²) in [6.45, 7) is 5.17. The van der Waals surface area contributed by atoms with Crippen LogP contribution in [0.2, 0.25) is 5.02 Å². The number of methoxy groups -OCH3 is 1. The quantitative estimate of drug-likeness (QED) is 0.169. The van der Waals surface area contributed by atoms with E-state index in [1.54, 1.807) is 61.7 Å². The van der Waals surface area contributed by atoms with Crippen LogP contribution in [0, 0.1) is 6.92 Å². The number of carbonyl (C=O) groups excluding carboxylic acids is 2. The molecule has 0 saturated heterocycles. The van der Waals surface area contributed by atoms with E-state index >= 15 is 0 Å². The third-order valence-corrected chi connectivity index (χ3v) is 9.86. The van der Waals surface area contributed by atoms with Crippen LogP contribution in [0.25, 0.3) is 0 Å². The first-order chi connectivity index (χ1) is 22.0. The number of anilines is 1. The van der Waals surface area contributed by atoms with Gasteiger partial charge in [-0.25, -0.2) is 8.42 Å². The average molecular weight is 662 g/mol. The van der Waals surface area contributed by atoms with Crippen molar-refractivity contribution in [3.05, 3.63) is 125 Å². The fourth-order valence-corrected chi connectivity index (χ4v) is 6.69. The molecule has 4 aromatic carbocycles. The molecular formula is C36H40ClN3O5S. The lowest BCUT2D eigenvalue weighted by Gasteiger charge is -2.34. The maximum atomic E-state index is 14.6. The number of aryl methyl sites for hydroxylation is 1. The SMILES string of the molecule is CCC(C)NC(=O)C(Cc1ccccc1)N(Cc1cccc(OC)c1)C(=O)CN(c1ccccc1Cl)S(=O)(=O)c1ccc(C)cc1. The predicted octanol–water partition coefficient (Wildman–Crippen LogP) is 6.41. The van der Waals surface area contributed by atoms with E-state index in [1.807, 2.05) is 57.2 Å². The lowest BCUT2D eigenvalue weighted by Crippen LogP contribution is -2.54. The summed E-state index contributed by atoms with van der Waals surface area (Å²) >= 11 is 6.55. The van der Waals surface area contributed by atoms with Gasteiger partial charge < -0.3 is 15.0 Å². The van der Waals surface area contributed by atoms with Crippen LogP contribution in [0.15, 0.2) is 108 Å². The molecule has 0 heterocycles. The van der Waals surface area contributed by atoms with E-state index in [-0.39, 0.29) is 40.5 Å². The number of hydrogen-bond acceptors (Lipinski definition) is 5. The van der Waals surface area contributed by atoms with E-state index in [0.717, 1.165) is 15.4 Å². The molecule has 242 valence electrons. The van der Waals surface area contributed by atoms with E-state index < -0.39 is 28.5 Å². The van der Waals surface area contributed by atoms with Gasteiger partial charge in [0, 0.05) is 19.0 Å². The summed E-state index contributed by atoms with van der Waals surface area (Å²) in [5, 5.41) is 3.21. The molecule has 2 atom stereocenters. The van der Waals surface area contributed by atoms with Gasteiger partial charge in [-0.15, -0.1) is 0 Å². The van der Waals surface area contributed by atoms with Gasteiger partial charge in [0.1, 0.15) is 18.3 Å². The standard InChI is InChI=1S/C36H40ClN3O5S/c1-5-27(3)38-36(42)34(23-28-12-7-6-8-13-28)39(24-29-14-11-15-30(22-29)45-4)35(41)25-40(33-17-10-9-16-32(33)37)46(43,44)31-20-18-26(2)19-21-31/h6-22,27,34H,5,23-25H2,1-4H3,(H,38,42). The topological polar surface area (TPSA) is 96.0 Å². The van der Waals surface area contributed by atoms with Crippen molar-refractivity contribution in [1.29, 1.82) is 0 Å². The van der Waals surface area contributed by atoms with Crippen molar-refractivity contribution in [3.63, 3.8) is 0 Å². The molecule has 0 spiro atoms.